The average molecular weight is 273 g/mol. The highest BCUT2D eigenvalue weighted by molar-refractivity contribution is 9.09. The first-order valence-electron chi connectivity index (χ1n) is 4.53. The van der Waals surface area contributed by atoms with Gasteiger partial charge in [0.05, 0.1) is 7.11 Å². The Morgan fingerprint density at radius 3 is 2.53 bits per heavy atom. The molecule has 0 amide bonds. The summed E-state index contributed by atoms with van der Waals surface area (Å²) in [5.41, 5.74) is -0.597. The number of carbonyl (C=O) groups excluding carboxylic acids is 1. The summed E-state index contributed by atoms with van der Waals surface area (Å²) in [6.07, 6.45) is 0.242. The van der Waals surface area contributed by atoms with E-state index in [0.717, 1.165) is 5.56 Å². The fraction of sp³-hybridized carbons (Fsp3) is 0.364. The van der Waals surface area contributed by atoms with E-state index >= 15 is 0 Å². The minimum atomic E-state index is -1.49. The van der Waals surface area contributed by atoms with Crippen molar-refractivity contribution in [3.05, 3.63) is 35.9 Å². The molecule has 0 bridgehead atoms. The standard InChI is InChI=1S/C11H13BrO3/c1-15-10(13)11(14,8-12)7-9-5-3-2-4-6-9/h2-6,14H,7-8H2,1H3/t11-/m0/s1. The number of hydrogen-bond donors (Lipinski definition) is 1. The van der Waals surface area contributed by atoms with Crippen LogP contribution in [0.25, 0.3) is 0 Å². The van der Waals surface area contributed by atoms with Gasteiger partial charge in [0.2, 0.25) is 0 Å². The first-order chi connectivity index (χ1) is 7.12. The summed E-state index contributed by atoms with van der Waals surface area (Å²) < 4.78 is 4.56. The Hall–Kier alpha value is -0.870. The third-order valence-corrected chi connectivity index (χ3v) is 3.05. The van der Waals surface area contributed by atoms with Crippen molar-refractivity contribution in [1.29, 1.82) is 0 Å². The van der Waals surface area contributed by atoms with Gasteiger partial charge < -0.3 is 9.84 Å². The van der Waals surface area contributed by atoms with Crippen LogP contribution < -0.4 is 0 Å². The van der Waals surface area contributed by atoms with E-state index in [0.29, 0.717) is 0 Å². The number of ether oxygens (including phenoxy) is 1. The van der Waals surface area contributed by atoms with Crippen molar-refractivity contribution in [2.45, 2.75) is 12.0 Å². The summed E-state index contributed by atoms with van der Waals surface area (Å²) in [4.78, 5) is 11.4. The highest BCUT2D eigenvalue weighted by atomic mass is 79.9. The van der Waals surface area contributed by atoms with Crippen LogP contribution in [0.5, 0.6) is 0 Å². The van der Waals surface area contributed by atoms with Gasteiger partial charge in [0, 0.05) is 11.8 Å². The van der Waals surface area contributed by atoms with Crippen molar-refractivity contribution >= 4 is 21.9 Å². The molecule has 1 atom stereocenters. The van der Waals surface area contributed by atoms with E-state index in [1.54, 1.807) is 0 Å². The van der Waals surface area contributed by atoms with Crippen LogP contribution in [0.1, 0.15) is 5.56 Å². The summed E-state index contributed by atoms with van der Waals surface area (Å²) in [5.74, 6) is -0.622. The van der Waals surface area contributed by atoms with Crippen molar-refractivity contribution in [3.8, 4) is 0 Å². The molecule has 0 saturated carbocycles. The summed E-state index contributed by atoms with van der Waals surface area (Å²) >= 11 is 3.12. The number of esters is 1. The van der Waals surface area contributed by atoms with Crippen molar-refractivity contribution in [2.24, 2.45) is 0 Å². The molecule has 0 aromatic heterocycles. The lowest BCUT2D eigenvalue weighted by molar-refractivity contribution is -0.159. The zero-order valence-corrected chi connectivity index (χ0v) is 10.0. The molecule has 0 aliphatic carbocycles. The smallest absolute Gasteiger partial charge is 0.339 e. The first-order valence-corrected chi connectivity index (χ1v) is 5.65. The number of carbonyl (C=O) groups is 1. The molecule has 0 fully saturated rings. The molecule has 1 aromatic carbocycles. The maximum Gasteiger partial charge on any atom is 0.339 e. The van der Waals surface area contributed by atoms with Crippen molar-refractivity contribution in [3.63, 3.8) is 0 Å². The second kappa shape index (κ2) is 5.28. The topological polar surface area (TPSA) is 46.5 Å². The van der Waals surface area contributed by atoms with Gasteiger partial charge in [-0.3, -0.25) is 0 Å². The zero-order valence-electron chi connectivity index (χ0n) is 8.44. The highest BCUT2D eigenvalue weighted by Gasteiger charge is 2.36. The van der Waals surface area contributed by atoms with E-state index in [-0.39, 0.29) is 11.8 Å². The van der Waals surface area contributed by atoms with E-state index in [9.17, 15) is 9.90 Å². The van der Waals surface area contributed by atoms with Crippen LogP contribution in [0.4, 0.5) is 0 Å². The van der Waals surface area contributed by atoms with Gasteiger partial charge in [-0.25, -0.2) is 4.79 Å². The van der Waals surface area contributed by atoms with E-state index in [1.165, 1.54) is 7.11 Å². The molecule has 1 N–H and O–H groups in total. The number of aliphatic hydroxyl groups is 1. The van der Waals surface area contributed by atoms with Gasteiger partial charge in [0.15, 0.2) is 5.60 Å². The predicted octanol–water partition coefficient (Wildman–Crippen LogP) is 1.53. The van der Waals surface area contributed by atoms with Crippen molar-refractivity contribution in [2.75, 3.05) is 12.4 Å². The Labute approximate surface area is 97.2 Å². The van der Waals surface area contributed by atoms with Gasteiger partial charge in [-0.15, -0.1) is 0 Å². The Morgan fingerprint density at radius 1 is 1.47 bits per heavy atom. The summed E-state index contributed by atoms with van der Waals surface area (Å²) in [6.45, 7) is 0. The molecule has 4 heteroatoms. The van der Waals surface area contributed by atoms with Gasteiger partial charge >= 0.3 is 5.97 Å². The molecule has 0 unspecified atom stereocenters. The van der Waals surface area contributed by atoms with E-state index in [1.807, 2.05) is 30.3 Å². The van der Waals surface area contributed by atoms with E-state index in [2.05, 4.69) is 20.7 Å². The quantitative estimate of drug-likeness (QED) is 0.668. The number of benzene rings is 1. The van der Waals surface area contributed by atoms with Crippen LogP contribution in [0.2, 0.25) is 0 Å². The zero-order chi connectivity index (χ0) is 11.3. The third-order valence-electron chi connectivity index (χ3n) is 2.13. The SMILES string of the molecule is COC(=O)[C@@](O)(CBr)Cc1ccccc1. The minimum absolute atomic E-state index is 0.154. The Bertz CT molecular complexity index is 326. The average Bonchev–Trinajstić information content (AvgIpc) is 2.29. The fourth-order valence-electron chi connectivity index (χ4n) is 1.30. The molecule has 0 saturated heterocycles. The second-order valence-electron chi connectivity index (χ2n) is 3.32. The van der Waals surface area contributed by atoms with Crippen LogP contribution >= 0.6 is 15.9 Å². The largest absolute Gasteiger partial charge is 0.467 e. The molecular formula is C11H13BrO3. The lowest BCUT2D eigenvalue weighted by Gasteiger charge is -2.22. The lowest BCUT2D eigenvalue weighted by atomic mass is 9.97. The molecule has 0 heterocycles. The Kier molecular flexibility index (Phi) is 4.29. The number of hydrogen-bond acceptors (Lipinski definition) is 3. The van der Waals surface area contributed by atoms with Crippen LogP contribution in [-0.2, 0) is 16.0 Å². The molecule has 3 nitrogen and oxygen atoms in total. The molecule has 15 heavy (non-hydrogen) atoms. The number of methoxy groups -OCH3 is 1. The molecular weight excluding hydrogens is 260 g/mol. The van der Waals surface area contributed by atoms with Crippen molar-refractivity contribution in [1.82, 2.24) is 0 Å². The summed E-state index contributed by atoms with van der Waals surface area (Å²) in [5, 5.41) is 10.2. The Balaban J connectivity index is 2.81. The van der Waals surface area contributed by atoms with Crippen molar-refractivity contribution < 1.29 is 14.6 Å². The van der Waals surface area contributed by atoms with Gasteiger partial charge in [0.1, 0.15) is 0 Å². The normalized spacial score (nSPS) is 14.3. The fourth-order valence-corrected chi connectivity index (χ4v) is 1.72. The number of halogens is 1. The lowest BCUT2D eigenvalue weighted by Crippen LogP contribution is -2.43. The predicted molar refractivity (Wildman–Crippen MR) is 60.9 cm³/mol. The molecule has 1 aromatic rings. The van der Waals surface area contributed by atoms with E-state index in [4.69, 9.17) is 0 Å². The summed E-state index contributed by atoms with van der Waals surface area (Å²) in [6, 6.07) is 9.32. The van der Waals surface area contributed by atoms with Gasteiger partial charge in [-0.05, 0) is 5.56 Å². The molecule has 0 aliphatic rings. The van der Waals surface area contributed by atoms with Crippen LogP contribution in [0.15, 0.2) is 30.3 Å². The molecule has 1 rings (SSSR count). The molecule has 0 spiro atoms. The minimum Gasteiger partial charge on any atom is -0.467 e. The van der Waals surface area contributed by atoms with Gasteiger partial charge in [-0.1, -0.05) is 46.3 Å². The van der Waals surface area contributed by atoms with Crippen LogP contribution in [0, 0.1) is 0 Å². The van der Waals surface area contributed by atoms with E-state index < -0.39 is 11.6 Å². The van der Waals surface area contributed by atoms with Crippen LogP contribution in [-0.4, -0.2) is 29.1 Å². The molecule has 0 radical (unpaired) electrons. The van der Waals surface area contributed by atoms with Gasteiger partial charge in [0.25, 0.3) is 0 Å². The third kappa shape index (κ3) is 3.04. The number of alkyl halides is 1. The first kappa shape index (κ1) is 12.2. The van der Waals surface area contributed by atoms with Gasteiger partial charge in [-0.2, -0.15) is 0 Å². The maximum absolute atomic E-state index is 11.4. The Morgan fingerprint density at radius 2 is 2.07 bits per heavy atom. The maximum atomic E-state index is 11.4. The molecule has 0 aliphatic heterocycles. The van der Waals surface area contributed by atoms with Crippen LogP contribution in [0.3, 0.4) is 0 Å². The highest BCUT2D eigenvalue weighted by Crippen LogP contribution is 2.17. The molecule has 82 valence electrons. The summed E-state index contributed by atoms with van der Waals surface area (Å²) in [7, 11) is 1.26. The monoisotopic (exact) mass is 272 g/mol. The number of rotatable bonds is 4. The second-order valence-corrected chi connectivity index (χ2v) is 3.88.